The average molecular weight is 341 g/mol. The first-order chi connectivity index (χ1) is 10.4. The van der Waals surface area contributed by atoms with Gasteiger partial charge >= 0.3 is 0 Å². The molecule has 120 valence electrons. The number of nitrogens with one attached hydrogen (secondary N) is 1. The molecule has 0 aliphatic rings. The molecule has 0 aliphatic carbocycles. The normalized spacial score (nSPS) is 10.8. The molecular weight excluding hydrogens is 320 g/mol. The summed E-state index contributed by atoms with van der Waals surface area (Å²) in [5.41, 5.74) is 3.11. The Morgan fingerprint density at radius 3 is 2.77 bits per heavy atom. The molecule has 0 spiro atoms. The highest BCUT2D eigenvalue weighted by atomic mass is 35.5. The molecule has 0 saturated carbocycles. The Labute approximate surface area is 141 Å². The molecule has 0 saturated heterocycles. The highest BCUT2D eigenvalue weighted by Gasteiger charge is 2.12. The molecule has 2 rings (SSSR count). The summed E-state index contributed by atoms with van der Waals surface area (Å²) in [6.45, 7) is 6.21. The largest absolute Gasteiger partial charge is 0.358 e. The maximum Gasteiger partial charge on any atom is 0.169 e. The zero-order chi connectivity index (χ0) is 16.3. The molecule has 2 aromatic rings. The van der Waals surface area contributed by atoms with Crippen molar-refractivity contribution in [3.63, 3.8) is 0 Å². The predicted octanol–water partition coefficient (Wildman–Crippen LogP) is 2.10. The van der Waals surface area contributed by atoms with E-state index in [4.69, 9.17) is 23.8 Å². The summed E-state index contributed by atoms with van der Waals surface area (Å²) < 4.78 is 3.69. The van der Waals surface area contributed by atoms with E-state index in [0.717, 1.165) is 23.5 Å². The van der Waals surface area contributed by atoms with Crippen LogP contribution in [0.4, 0.5) is 0 Å². The van der Waals surface area contributed by atoms with Crippen LogP contribution in [0.15, 0.2) is 12.4 Å². The Balaban J connectivity index is 1.92. The van der Waals surface area contributed by atoms with Crippen molar-refractivity contribution in [2.75, 3.05) is 7.05 Å². The minimum Gasteiger partial charge on any atom is -0.358 e. The lowest BCUT2D eigenvalue weighted by Crippen LogP contribution is -2.36. The molecule has 8 heteroatoms. The van der Waals surface area contributed by atoms with Crippen molar-refractivity contribution < 1.29 is 0 Å². The van der Waals surface area contributed by atoms with Gasteiger partial charge in [0.2, 0.25) is 0 Å². The summed E-state index contributed by atoms with van der Waals surface area (Å²) in [5.74, 6) is 0. The fraction of sp³-hybridized carbons (Fsp3) is 0.500. The third kappa shape index (κ3) is 3.78. The third-order valence-electron chi connectivity index (χ3n) is 3.55. The summed E-state index contributed by atoms with van der Waals surface area (Å²) in [6.07, 6.45) is 3.69. The highest BCUT2D eigenvalue weighted by molar-refractivity contribution is 7.80. The average Bonchev–Trinajstić information content (AvgIpc) is 3.01. The van der Waals surface area contributed by atoms with Gasteiger partial charge < -0.3 is 10.2 Å². The van der Waals surface area contributed by atoms with Gasteiger partial charge in [0, 0.05) is 38.9 Å². The summed E-state index contributed by atoms with van der Waals surface area (Å²) in [5, 5.41) is 13.1. The van der Waals surface area contributed by atoms with E-state index in [1.165, 1.54) is 0 Å². The van der Waals surface area contributed by atoms with Gasteiger partial charge in [0.15, 0.2) is 5.11 Å². The van der Waals surface area contributed by atoms with Crippen LogP contribution in [0.2, 0.25) is 5.02 Å². The molecule has 0 bridgehead atoms. The number of hydrogen-bond acceptors (Lipinski definition) is 3. The predicted molar refractivity (Wildman–Crippen MR) is 91.8 cm³/mol. The second kappa shape index (κ2) is 7.11. The minimum atomic E-state index is 0.606. The maximum absolute atomic E-state index is 6.12. The van der Waals surface area contributed by atoms with Crippen molar-refractivity contribution in [1.29, 1.82) is 0 Å². The third-order valence-corrected chi connectivity index (χ3v) is 4.32. The zero-order valence-electron chi connectivity index (χ0n) is 13.3. The van der Waals surface area contributed by atoms with E-state index < -0.39 is 0 Å². The van der Waals surface area contributed by atoms with Crippen LogP contribution >= 0.6 is 23.8 Å². The Bertz CT molecular complexity index is 643. The summed E-state index contributed by atoms with van der Waals surface area (Å²) in [4.78, 5) is 1.94. The molecule has 0 amide bonds. The Morgan fingerprint density at radius 2 is 2.23 bits per heavy atom. The van der Waals surface area contributed by atoms with Crippen molar-refractivity contribution >= 4 is 28.9 Å². The number of nitrogens with zero attached hydrogens (tertiary/aromatic N) is 5. The van der Waals surface area contributed by atoms with Gasteiger partial charge in [0.05, 0.1) is 29.2 Å². The molecule has 0 unspecified atom stereocenters. The van der Waals surface area contributed by atoms with Crippen LogP contribution in [0.1, 0.15) is 23.9 Å². The van der Waals surface area contributed by atoms with Crippen LogP contribution in [0.5, 0.6) is 0 Å². The Morgan fingerprint density at radius 1 is 1.50 bits per heavy atom. The SMILES string of the molecule is CCn1cc(CNC(=S)N(C)Cc2c(Cl)cnn2C)c(C)n1. The second-order valence-electron chi connectivity index (χ2n) is 5.17. The van der Waals surface area contributed by atoms with Gasteiger partial charge in [0.25, 0.3) is 0 Å². The molecule has 0 aromatic carbocycles. The quantitative estimate of drug-likeness (QED) is 0.845. The van der Waals surface area contributed by atoms with E-state index in [9.17, 15) is 0 Å². The van der Waals surface area contributed by atoms with E-state index in [1.54, 1.807) is 10.9 Å². The van der Waals surface area contributed by atoms with Gasteiger partial charge in [-0.2, -0.15) is 10.2 Å². The van der Waals surface area contributed by atoms with Crippen LogP contribution in [0.3, 0.4) is 0 Å². The molecular formula is C14H21ClN6S. The van der Waals surface area contributed by atoms with Gasteiger partial charge in [-0.3, -0.25) is 9.36 Å². The van der Waals surface area contributed by atoms with Crippen molar-refractivity contribution in [2.45, 2.75) is 33.5 Å². The number of aromatic nitrogens is 4. The van der Waals surface area contributed by atoms with Crippen LogP contribution in [-0.4, -0.2) is 36.6 Å². The van der Waals surface area contributed by atoms with Crippen LogP contribution in [-0.2, 0) is 26.7 Å². The molecule has 0 fully saturated rings. The fourth-order valence-electron chi connectivity index (χ4n) is 2.11. The highest BCUT2D eigenvalue weighted by Crippen LogP contribution is 2.15. The Hall–Kier alpha value is -1.60. The zero-order valence-corrected chi connectivity index (χ0v) is 14.9. The van der Waals surface area contributed by atoms with Crippen molar-refractivity contribution in [2.24, 2.45) is 7.05 Å². The lowest BCUT2D eigenvalue weighted by molar-refractivity contribution is 0.466. The maximum atomic E-state index is 6.12. The fourth-order valence-corrected chi connectivity index (χ4v) is 2.47. The van der Waals surface area contributed by atoms with E-state index in [0.29, 0.717) is 23.2 Å². The van der Waals surface area contributed by atoms with Gasteiger partial charge in [-0.1, -0.05) is 11.6 Å². The molecule has 0 atom stereocenters. The standard InChI is InChI=1S/C14H21ClN6S/c1-5-21-8-11(10(2)18-21)6-16-14(22)19(3)9-13-12(15)7-17-20(13)4/h7-8H,5-6,9H2,1-4H3,(H,16,22). The molecule has 0 radical (unpaired) electrons. The van der Waals surface area contributed by atoms with Crippen LogP contribution < -0.4 is 5.32 Å². The van der Waals surface area contributed by atoms with Gasteiger partial charge in [-0.05, 0) is 26.1 Å². The van der Waals surface area contributed by atoms with Gasteiger partial charge in [0.1, 0.15) is 0 Å². The summed E-state index contributed by atoms with van der Waals surface area (Å²) >= 11 is 11.6. The first-order valence-corrected chi connectivity index (χ1v) is 7.89. The van der Waals surface area contributed by atoms with Crippen molar-refractivity contribution in [3.05, 3.63) is 34.4 Å². The van der Waals surface area contributed by atoms with Crippen molar-refractivity contribution in [1.82, 2.24) is 29.8 Å². The minimum absolute atomic E-state index is 0.606. The summed E-state index contributed by atoms with van der Waals surface area (Å²) in [7, 11) is 3.80. The van der Waals surface area contributed by atoms with E-state index in [-0.39, 0.29) is 0 Å². The summed E-state index contributed by atoms with van der Waals surface area (Å²) in [6, 6.07) is 0. The van der Waals surface area contributed by atoms with E-state index >= 15 is 0 Å². The van der Waals surface area contributed by atoms with E-state index in [1.807, 2.05) is 36.8 Å². The number of halogens is 1. The number of rotatable bonds is 5. The molecule has 2 aromatic heterocycles. The Kier molecular flexibility index (Phi) is 5.42. The second-order valence-corrected chi connectivity index (χ2v) is 5.97. The monoisotopic (exact) mass is 340 g/mol. The first-order valence-electron chi connectivity index (χ1n) is 7.10. The van der Waals surface area contributed by atoms with Crippen LogP contribution in [0.25, 0.3) is 0 Å². The first kappa shape index (κ1) is 16.8. The van der Waals surface area contributed by atoms with Crippen molar-refractivity contribution in [3.8, 4) is 0 Å². The number of hydrogen-bond donors (Lipinski definition) is 1. The molecule has 1 N–H and O–H groups in total. The van der Waals surface area contributed by atoms with Gasteiger partial charge in [-0.15, -0.1) is 0 Å². The smallest absolute Gasteiger partial charge is 0.169 e. The molecule has 6 nitrogen and oxygen atoms in total. The molecule has 0 aliphatic heterocycles. The topological polar surface area (TPSA) is 50.9 Å². The molecule has 2 heterocycles. The van der Waals surface area contributed by atoms with E-state index in [2.05, 4.69) is 22.4 Å². The van der Waals surface area contributed by atoms with Gasteiger partial charge in [-0.25, -0.2) is 0 Å². The lowest BCUT2D eigenvalue weighted by Gasteiger charge is -2.21. The molecule has 22 heavy (non-hydrogen) atoms. The number of aryl methyl sites for hydroxylation is 3. The number of thiocarbonyl (C=S) groups is 1. The lowest BCUT2D eigenvalue weighted by atomic mass is 10.3. The van der Waals surface area contributed by atoms with Crippen LogP contribution in [0, 0.1) is 6.92 Å².